The summed E-state index contributed by atoms with van der Waals surface area (Å²) < 4.78 is 0. The Morgan fingerprint density at radius 2 is 2.13 bits per heavy atom. The van der Waals surface area contributed by atoms with Crippen molar-refractivity contribution in [3.63, 3.8) is 0 Å². The fourth-order valence-corrected chi connectivity index (χ4v) is 4.36. The second kappa shape index (κ2) is 8.52. The summed E-state index contributed by atoms with van der Waals surface area (Å²) in [4.78, 5) is 35.4. The van der Waals surface area contributed by atoms with Crippen molar-refractivity contribution < 1.29 is 9.59 Å². The van der Waals surface area contributed by atoms with Crippen molar-refractivity contribution in [2.75, 3.05) is 18.4 Å². The van der Waals surface area contributed by atoms with Crippen LogP contribution in [0.5, 0.6) is 0 Å². The van der Waals surface area contributed by atoms with Crippen molar-refractivity contribution in [1.29, 1.82) is 0 Å². The van der Waals surface area contributed by atoms with Crippen molar-refractivity contribution in [2.45, 2.75) is 39.5 Å². The van der Waals surface area contributed by atoms with Gasteiger partial charge in [0, 0.05) is 36.2 Å². The van der Waals surface area contributed by atoms with Gasteiger partial charge in [0.25, 0.3) is 0 Å². The van der Waals surface area contributed by atoms with Gasteiger partial charge in [0.1, 0.15) is 5.82 Å². The summed E-state index contributed by atoms with van der Waals surface area (Å²) in [6.45, 7) is 5.34. The molecule has 2 amide bonds. The maximum atomic E-state index is 12.7. The van der Waals surface area contributed by atoms with Crippen LogP contribution in [0.4, 0.5) is 5.82 Å². The number of hydrogen-bond acceptors (Lipinski definition) is 5. The molecule has 0 saturated carbocycles. The Morgan fingerprint density at radius 1 is 1.27 bits per heavy atom. The van der Waals surface area contributed by atoms with Crippen LogP contribution in [-0.2, 0) is 16.0 Å². The summed E-state index contributed by atoms with van der Waals surface area (Å²) in [5.41, 5.74) is 5.61. The minimum absolute atomic E-state index is 0.00895. The fourth-order valence-electron chi connectivity index (χ4n) is 3.85. The normalized spacial score (nSPS) is 20.1. The minimum atomic E-state index is -0.456. The van der Waals surface area contributed by atoms with Crippen LogP contribution >= 0.6 is 11.3 Å². The summed E-state index contributed by atoms with van der Waals surface area (Å²) in [7, 11) is 0. The average Bonchev–Trinajstić information content (AvgIpc) is 3.11. The molecule has 0 radical (unpaired) electrons. The van der Waals surface area contributed by atoms with E-state index < -0.39 is 5.41 Å². The number of pyridine rings is 1. The van der Waals surface area contributed by atoms with Gasteiger partial charge in [-0.2, -0.15) is 0 Å². The molecule has 6 nitrogen and oxygen atoms in total. The molecule has 1 fully saturated rings. The number of aromatic nitrogens is 2. The van der Waals surface area contributed by atoms with Crippen molar-refractivity contribution in [3.05, 3.63) is 51.6 Å². The Bertz CT molecular complexity index is 1010. The zero-order valence-electron chi connectivity index (χ0n) is 17.4. The molecule has 7 heteroatoms. The molecule has 2 aromatic rings. The van der Waals surface area contributed by atoms with E-state index in [1.165, 1.54) is 5.57 Å². The van der Waals surface area contributed by atoms with Crippen LogP contribution in [0.1, 0.15) is 49.9 Å². The summed E-state index contributed by atoms with van der Waals surface area (Å²) in [6, 6.07) is 2.00. The first kappa shape index (κ1) is 20.5. The van der Waals surface area contributed by atoms with Gasteiger partial charge < -0.3 is 10.2 Å². The molecule has 0 unspecified atom stereocenters. The Labute approximate surface area is 180 Å². The molecule has 0 bridgehead atoms. The largest absolute Gasteiger partial charge is 0.339 e. The van der Waals surface area contributed by atoms with E-state index in [0.29, 0.717) is 12.2 Å². The van der Waals surface area contributed by atoms with Crippen molar-refractivity contribution in [1.82, 2.24) is 14.9 Å². The second-order valence-electron chi connectivity index (χ2n) is 8.52. The molecule has 0 atom stereocenters. The Balaban J connectivity index is 1.40. The summed E-state index contributed by atoms with van der Waals surface area (Å²) in [5.74, 6) is 0.636. The molecule has 2 aromatic heterocycles. The number of likely N-dealkylation sites (tertiary alicyclic amines) is 1. The standard InChI is InChI=1S/C23H26N4O2S/c1-23(2)12-18-10-17(13-24-21(18)26-22(23)29)5-6-20(28)27-8-3-4-16(7-9-27)11-19-14-30-15-25-19/h5-6,10-11,13-15H,3-4,7-9,12H2,1-2H3,(H,24,26,29)/b6-5+,16-11+. The van der Waals surface area contributed by atoms with Crippen molar-refractivity contribution in [3.8, 4) is 0 Å². The molecule has 1 saturated heterocycles. The maximum absolute atomic E-state index is 12.7. The maximum Gasteiger partial charge on any atom is 0.246 e. The predicted molar refractivity (Wildman–Crippen MR) is 120 cm³/mol. The number of anilines is 1. The van der Waals surface area contributed by atoms with E-state index in [1.807, 2.05) is 41.8 Å². The minimum Gasteiger partial charge on any atom is -0.339 e. The van der Waals surface area contributed by atoms with Crippen LogP contribution in [0, 0.1) is 5.41 Å². The highest BCUT2D eigenvalue weighted by Crippen LogP contribution is 2.32. The van der Waals surface area contributed by atoms with E-state index >= 15 is 0 Å². The number of amides is 2. The molecular weight excluding hydrogens is 396 g/mol. The number of hydrogen-bond donors (Lipinski definition) is 1. The van der Waals surface area contributed by atoms with Crippen LogP contribution in [0.15, 0.2) is 34.8 Å². The Morgan fingerprint density at radius 3 is 2.93 bits per heavy atom. The predicted octanol–water partition coefficient (Wildman–Crippen LogP) is 4.17. The number of nitrogens with one attached hydrogen (secondary N) is 1. The van der Waals surface area contributed by atoms with E-state index in [1.54, 1.807) is 23.6 Å². The van der Waals surface area contributed by atoms with E-state index in [-0.39, 0.29) is 11.8 Å². The molecule has 2 aliphatic rings. The van der Waals surface area contributed by atoms with Crippen LogP contribution in [0.2, 0.25) is 0 Å². The first-order valence-corrected chi connectivity index (χ1v) is 11.2. The zero-order chi connectivity index (χ0) is 21.1. The highest BCUT2D eigenvalue weighted by atomic mass is 32.1. The van der Waals surface area contributed by atoms with Gasteiger partial charge in [-0.1, -0.05) is 19.4 Å². The van der Waals surface area contributed by atoms with Gasteiger partial charge >= 0.3 is 0 Å². The number of rotatable bonds is 3. The average molecular weight is 423 g/mol. The summed E-state index contributed by atoms with van der Waals surface area (Å²) in [5, 5.41) is 4.91. The number of fused-ring (bicyclic) bond motifs is 1. The molecule has 156 valence electrons. The number of thiazole rings is 1. The third-order valence-corrected chi connectivity index (χ3v) is 6.23. The van der Waals surface area contributed by atoms with Crippen LogP contribution in [-0.4, -0.2) is 39.8 Å². The van der Waals surface area contributed by atoms with E-state index in [0.717, 1.165) is 49.2 Å². The van der Waals surface area contributed by atoms with Gasteiger partial charge in [0.05, 0.1) is 11.2 Å². The number of nitrogens with zero attached hydrogens (tertiary/aromatic N) is 3. The van der Waals surface area contributed by atoms with Gasteiger partial charge in [-0.3, -0.25) is 9.59 Å². The molecule has 30 heavy (non-hydrogen) atoms. The number of carbonyl (C=O) groups excluding carboxylic acids is 2. The van der Waals surface area contributed by atoms with Crippen LogP contribution in [0.3, 0.4) is 0 Å². The lowest BCUT2D eigenvalue weighted by molar-refractivity contribution is -0.126. The summed E-state index contributed by atoms with van der Waals surface area (Å²) >= 11 is 1.60. The monoisotopic (exact) mass is 422 g/mol. The van der Waals surface area contributed by atoms with E-state index in [9.17, 15) is 9.59 Å². The van der Waals surface area contributed by atoms with Gasteiger partial charge in [0.15, 0.2) is 0 Å². The van der Waals surface area contributed by atoms with Gasteiger partial charge in [-0.25, -0.2) is 9.97 Å². The van der Waals surface area contributed by atoms with Crippen LogP contribution < -0.4 is 5.32 Å². The molecule has 1 N–H and O–H groups in total. The lowest BCUT2D eigenvalue weighted by Gasteiger charge is -2.29. The van der Waals surface area contributed by atoms with Gasteiger partial charge in [-0.05, 0) is 55.0 Å². The Kier molecular flexibility index (Phi) is 5.81. The summed E-state index contributed by atoms with van der Waals surface area (Å²) in [6.07, 6.45) is 10.8. The lowest BCUT2D eigenvalue weighted by Crippen LogP contribution is -2.37. The third-order valence-electron chi connectivity index (χ3n) is 5.63. The topological polar surface area (TPSA) is 75.2 Å². The van der Waals surface area contributed by atoms with E-state index in [2.05, 4.69) is 21.4 Å². The van der Waals surface area contributed by atoms with Crippen LogP contribution in [0.25, 0.3) is 12.2 Å². The zero-order valence-corrected chi connectivity index (χ0v) is 18.2. The first-order chi connectivity index (χ1) is 14.4. The Hall–Kier alpha value is -2.80. The van der Waals surface area contributed by atoms with Gasteiger partial charge in [-0.15, -0.1) is 11.3 Å². The molecule has 4 heterocycles. The lowest BCUT2D eigenvalue weighted by atomic mass is 9.82. The SMILES string of the molecule is CC1(C)Cc2cc(/C=C/C(=O)N3CCC/C(=C\c4cscn4)CC3)cnc2NC1=O. The second-order valence-corrected chi connectivity index (χ2v) is 9.24. The quantitative estimate of drug-likeness (QED) is 0.754. The highest BCUT2D eigenvalue weighted by molar-refractivity contribution is 7.07. The van der Waals surface area contributed by atoms with Gasteiger partial charge in [0.2, 0.25) is 11.8 Å². The van der Waals surface area contributed by atoms with Crippen molar-refractivity contribution >= 4 is 41.1 Å². The first-order valence-electron chi connectivity index (χ1n) is 10.3. The molecular formula is C23H26N4O2S. The molecule has 0 aromatic carbocycles. The molecule has 0 aliphatic carbocycles. The molecule has 0 spiro atoms. The van der Waals surface area contributed by atoms with E-state index in [4.69, 9.17) is 0 Å². The molecule has 4 rings (SSSR count). The fraction of sp³-hybridized carbons (Fsp3) is 0.391. The van der Waals surface area contributed by atoms with Crippen molar-refractivity contribution in [2.24, 2.45) is 5.41 Å². The smallest absolute Gasteiger partial charge is 0.246 e. The third kappa shape index (κ3) is 4.67. The molecule has 2 aliphatic heterocycles. The number of carbonyl (C=O) groups is 2. The highest BCUT2D eigenvalue weighted by Gasteiger charge is 2.34.